The zero-order valence-electron chi connectivity index (χ0n) is 32.0. The molecule has 0 saturated carbocycles. The van der Waals surface area contributed by atoms with Crippen molar-refractivity contribution in [3.8, 4) is 0 Å². The van der Waals surface area contributed by atoms with Crippen LogP contribution in [-0.4, -0.2) is 67.9 Å². The minimum atomic E-state index is -0.114. The topological polar surface area (TPSA) is 82.1 Å². The van der Waals surface area contributed by atoms with E-state index in [2.05, 4.69) is 18.7 Å². The van der Waals surface area contributed by atoms with E-state index in [-0.39, 0.29) is 24.0 Å². The zero-order valence-corrected chi connectivity index (χ0v) is 32.8. The molecule has 284 valence electrons. The summed E-state index contributed by atoms with van der Waals surface area (Å²) < 4.78 is 16.7. The molecule has 0 N–H and O–H groups in total. The summed E-state index contributed by atoms with van der Waals surface area (Å²) in [6, 6.07) is 0. The smallest absolute Gasteiger partial charge is 0.316 e. The molecule has 48 heavy (non-hydrogen) atoms. The SMILES string of the molecule is CCCCCCCCCOC(=O)CCCCCCCC(CCCCCCCC(=O)OCCCCCCCCC)OC(=O)CSCN(C)C. The summed E-state index contributed by atoms with van der Waals surface area (Å²) in [6.07, 6.45) is 30.2. The maximum Gasteiger partial charge on any atom is 0.316 e. The number of carbonyl (C=O) groups excluding carboxylic acids is 3. The van der Waals surface area contributed by atoms with Gasteiger partial charge in [0.25, 0.3) is 0 Å². The molecule has 7 nitrogen and oxygen atoms in total. The van der Waals surface area contributed by atoms with Crippen LogP contribution in [0.2, 0.25) is 0 Å². The van der Waals surface area contributed by atoms with E-state index in [9.17, 15) is 14.4 Å². The molecule has 0 unspecified atom stereocenters. The van der Waals surface area contributed by atoms with Gasteiger partial charge in [0.15, 0.2) is 0 Å². The molecule has 0 saturated heterocycles. The first-order chi connectivity index (χ1) is 23.4. The van der Waals surface area contributed by atoms with Crippen molar-refractivity contribution >= 4 is 29.7 Å². The molecule has 0 aromatic carbocycles. The summed E-state index contributed by atoms with van der Waals surface area (Å²) in [7, 11) is 4.00. The van der Waals surface area contributed by atoms with Crippen LogP contribution in [0.1, 0.15) is 194 Å². The number of thioether (sulfide) groups is 1. The van der Waals surface area contributed by atoms with E-state index in [1.807, 2.05) is 14.1 Å². The Hall–Kier alpha value is -1.28. The predicted molar refractivity (Wildman–Crippen MR) is 203 cm³/mol. The number of hydrogen-bond donors (Lipinski definition) is 0. The normalized spacial score (nSPS) is 11.4. The average Bonchev–Trinajstić information content (AvgIpc) is 3.05. The third-order valence-electron chi connectivity index (χ3n) is 8.70. The summed E-state index contributed by atoms with van der Waals surface area (Å²) in [5.74, 6) is 0.965. The molecule has 0 rings (SSSR count). The molecule has 0 atom stereocenters. The summed E-state index contributed by atoms with van der Waals surface area (Å²) in [4.78, 5) is 38.6. The van der Waals surface area contributed by atoms with Crippen LogP contribution in [0.3, 0.4) is 0 Å². The summed E-state index contributed by atoms with van der Waals surface area (Å²) in [5, 5.41) is 0. The molecule has 0 spiro atoms. The maximum absolute atomic E-state index is 12.5. The number of ether oxygens (including phenoxy) is 3. The molecular formula is C40H77NO6S. The second-order valence-corrected chi connectivity index (χ2v) is 14.9. The Balaban J connectivity index is 4.04. The van der Waals surface area contributed by atoms with Crippen molar-refractivity contribution in [3.05, 3.63) is 0 Å². The number of rotatable bonds is 37. The number of nitrogens with zero attached hydrogens (tertiary/aromatic N) is 1. The highest BCUT2D eigenvalue weighted by molar-refractivity contribution is 7.99. The summed E-state index contributed by atoms with van der Waals surface area (Å²) in [5.41, 5.74) is 0. The standard InChI is InChI=1S/C40H77NO6S/c1-5-7-9-11-13-21-27-33-45-38(42)31-25-19-15-17-23-29-37(47-40(44)35-48-36-41(3)4)30-24-18-16-20-26-32-39(43)46-34-28-22-14-12-10-8-6-2/h37H,5-36H2,1-4H3. The van der Waals surface area contributed by atoms with Crippen LogP contribution < -0.4 is 0 Å². The van der Waals surface area contributed by atoms with Crippen LogP contribution in [0.4, 0.5) is 0 Å². The lowest BCUT2D eigenvalue weighted by molar-refractivity contribution is -0.146. The summed E-state index contributed by atoms with van der Waals surface area (Å²) >= 11 is 1.59. The maximum atomic E-state index is 12.5. The molecule has 0 radical (unpaired) electrons. The van der Waals surface area contributed by atoms with Gasteiger partial charge in [-0.15, -0.1) is 11.8 Å². The van der Waals surface area contributed by atoms with Crippen LogP contribution in [0.25, 0.3) is 0 Å². The third kappa shape index (κ3) is 36.0. The lowest BCUT2D eigenvalue weighted by Crippen LogP contribution is -2.21. The Morgan fingerprint density at radius 1 is 0.500 bits per heavy atom. The van der Waals surface area contributed by atoms with Gasteiger partial charge in [-0.1, -0.05) is 129 Å². The van der Waals surface area contributed by atoms with Crippen LogP contribution in [0.5, 0.6) is 0 Å². The first-order valence-electron chi connectivity index (χ1n) is 20.1. The summed E-state index contributed by atoms with van der Waals surface area (Å²) in [6.45, 7) is 5.59. The van der Waals surface area contributed by atoms with Gasteiger partial charge in [0.1, 0.15) is 6.10 Å². The van der Waals surface area contributed by atoms with E-state index in [1.165, 1.54) is 64.2 Å². The Labute approximate surface area is 301 Å². The first-order valence-corrected chi connectivity index (χ1v) is 21.3. The lowest BCUT2D eigenvalue weighted by Gasteiger charge is -2.18. The van der Waals surface area contributed by atoms with Gasteiger partial charge >= 0.3 is 17.9 Å². The van der Waals surface area contributed by atoms with Crippen molar-refractivity contribution in [2.45, 2.75) is 200 Å². The third-order valence-corrected chi connectivity index (χ3v) is 9.84. The zero-order chi connectivity index (χ0) is 35.3. The van der Waals surface area contributed by atoms with Crippen molar-refractivity contribution in [2.24, 2.45) is 0 Å². The monoisotopic (exact) mass is 700 g/mol. The van der Waals surface area contributed by atoms with Gasteiger partial charge in [-0.2, -0.15) is 0 Å². The fourth-order valence-electron chi connectivity index (χ4n) is 5.77. The molecule has 0 amide bonds. The van der Waals surface area contributed by atoms with E-state index in [0.29, 0.717) is 31.8 Å². The molecule has 8 heteroatoms. The van der Waals surface area contributed by atoms with Crippen LogP contribution in [0.15, 0.2) is 0 Å². The van der Waals surface area contributed by atoms with E-state index in [4.69, 9.17) is 14.2 Å². The Kier molecular flexibility index (Phi) is 36.0. The van der Waals surface area contributed by atoms with Gasteiger partial charge in [0, 0.05) is 18.7 Å². The van der Waals surface area contributed by atoms with Crippen molar-refractivity contribution < 1.29 is 28.6 Å². The van der Waals surface area contributed by atoms with Gasteiger partial charge in [-0.05, 0) is 65.5 Å². The van der Waals surface area contributed by atoms with Crippen molar-refractivity contribution in [1.29, 1.82) is 0 Å². The predicted octanol–water partition coefficient (Wildman–Crippen LogP) is 11.2. The average molecular weight is 700 g/mol. The molecular weight excluding hydrogens is 623 g/mol. The van der Waals surface area contributed by atoms with E-state index >= 15 is 0 Å². The van der Waals surface area contributed by atoms with Gasteiger partial charge in [-0.3, -0.25) is 14.4 Å². The van der Waals surface area contributed by atoms with Gasteiger partial charge in [0.05, 0.1) is 19.0 Å². The second-order valence-electron chi connectivity index (χ2n) is 14.0. The molecule has 0 aliphatic heterocycles. The minimum Gasteiger partial charge on any atom is -0.466 e. The quantitative estimate of drug-likeness (QED) is 0.0274. The van der Waals surface area contributed by atoms with E-state index < -0.39 is 0 Å². The highest BCUT2D eigenvalue weighted by atomic mass is 32.2. The van der Waals surface area contributed by atoms with Gasteiger partial charge in [0.2, 0.25) is 0 Å². The second kappa shape index (κ2) is 37.0. The number of carbonyl (C=O) groups is 3. The lowest BCUT2D eigenvalue weighted by atomic mass is 10.0. The molecule has 0 aliphatic rings. The van der Waals surface area contributed by atoms with Crippen molar-refractivity contribution in [1.82, 2.24) is 4.90 Å². The highest BCUT2D eigenvalue weighted by Crippen LogP contribution is 2.18. The van der Waals surface area contributed by atoms with Crippen molar-refractivity contribution in [3.63, 3.8) is 0 Å². The van der Waals surface area contributed by atoms with E-state index in [1.54, 1.807) is 11.8 Å². The van der Waals surface area contributed by atoms with Crippen LogP contribution in [-0.2, 0) is 28.6 Å². The van der Waals surface area contributed by atoms with Gasteiger partial charge < -0.3 is 19.1 Å². The van der Waals surface area contributed by atoms with Crippen LogP contribution in [0, 0.1) is 0 Å². The first kappa shape index (κ1) is 46.7. The van der Waals surface area contributed by atoms with Gasteiger partial charge in [-0.25, -0.2) is 0 Å². The van der Waals surface area contributed by atoms with E-state index in [0.717, 1.165) is 109 Å². The molecule has 0 aromatic rings. The molecule has 0 bridgehead atoms. The Morgan fingerprint density at radius 2 is 0.875 bits per heavy atom. The minimum absolute atomic E-state index is 0.0271. The molecule has 0 fully saturated rings. The number of esters is 3. The molecule has 0 heterocycles. The molecule has 0 aromatic heterocycles. The highest BCUT2D eigenvalue weighted by Gasteiger charge is 2.15. The fraction of sp³-hybridized carbons (Fsp3) is 0.925. The van der Waals surface area contributed by atoms with Crippen molar-refractivity contribution in [2.75, 3.05) is 38.9 Å². The molecule has 0 aliphatic carbocycles. The van der Waals surface area contributed by atoms with Crippen LogP contribution >= 0.6 is 11.8 Å². The number of hydrogen-bond acceptors (Lipinski definition) is 8. The fourth-order valence-corrected chi connectivity index (χ4v) is 6.46. The Bertz CT molecular complexity index is 689. The Morgan fingerprint density at radius 3 is 1.29 bits per heavy atom. The largest absolute Gasteiger partial charge is 0.466 e. The number of unbranched alkanes of at least 4 members (excludes halogenated alkanes) is 20.